The molecule has 1 heterocycles. The number of carbonyl (C=O) groups is 1. The summed E-state index contributed by atoms with van der Waals surface area (Å²) in [5.41, 5.74) is 2.30. The molecule has 0 aromatic heterocycles. The monoisotopic (exact) mass is 355 g/mol. The molecule has 0 spiro atoms. The third kappa shape index (κ3) is 5.77. The van der Waals surface area contributed by atoms with E-state index in [9.17, 15) is 4.79 Å². The third-order valence-corrected chi connectivity index (χ3v) is 4.16. The van der Waals surface area contributed by atoms with E-state index < -0.39 is 0 Å². The molecule has 2 aromatic rings. The van der Waals surface area contributed by atoms with E-state index in [0.717, 1.165) is 35.5 Å². The molecule has 1 amide bonds. The van der Waals surface area contributed by atoms with E-state index in [1.165, 1.54) is 0 Å². The zero-order chi connectivity index (χ0) is 18.0. The van der Waals surface area contributed by atoms with Crippen LogP contribution in [0.4, 0.5) is 0 Å². The number of hydrogen-bond donors (Lipinski definition) is 1. The fraction of sp³-hybridized carbons (Fsp3) is 0.381. The minimum Gasteiger partial charge on any atom is -0.486 e. The van der Waals surface area contributed by atoms with Gasteiger partial charge in [0.05, 0.1) is 13.2 Å². The zero-order valence-electron chi connectivity index (χ0n) is 14.9. The van der Waals surface area contributed by atoms with Gasteiger partial charge in [-0.2, -0.15) is 0 Å². The maximum absolute atomic E-state index is 11.9. The van der Waals surface area contributed by atoms with Gasteiger partial charge < -0.3 is 19.5 Å². The van der Waals surface area contributed by atoms with Crippen LogP contribution >= 0.6 is 0 Å². The fourth-order valence-electron chi connectivity index (χ4n) is 2.81. The van der Waals surface area contributed by atoms with Crippen LogP contribution in [-0.2, 0) is 22.6 Å². The number of fused-ring (bicyclic) bond motifs is 1. The summed E-state index contributed by atoms with van der Waals surface area (Å²) in [7, 11) is 0. The van der Waals surface area contributed by atoms with E-state index in [-0.39, 0.29) is 5.91 Å². The lowest BCUT2D eigenvalue weighted by molar-refractivity contribution is -0.121. The molecular weight excluding hydrogens is 330 g/mol. The number of benzene rings is 2. The lowest BCUT2D eigenvalue weighted by atomic mass is 10.1. The average Bonchev–Trinajstić information content (AvgIpc) is 2.68. The van der Waals surface area contributed by atoms with E-state index in [4.69, 9.17) is 14.2 Å². The molecule has 0 fully saturated rings. The maximum atomic E-state index is 11.9. The van der Waals surface area contributed by atoms with Crippen LogP contribution in [0, 0.1) is 0 Å². The standard InChI is InChI=1S/C21H25NO4/c23-21(22-11-12-24-16-18-5-2-1-3-6-18)8-4-7-17-9-10-19-20(15-17)26-14-13-25-19/h1-3,5-6,9-10,15H,4,7-8,11-14,16H2,(H,22,23). The number of aryl methyl sites for hydroxylation is 1. The second kappa shape index (κ2) is 9.82. The number of hydrogen-bond acceptors (Lipinski definition) is 4. The van der Waals surface area contributed by atoms with Crippen LogP contribution < -0.4 is 14.8 Å². The van der Waals surface area contributed by atoms with Crippen molar-refractivity contribution in [2.45, 2.75) is 25.9 Å². The van der Waals surface area contributed by atoms with E-state index >= 15 is 0 Å². The molecule has 0 bridgehead atoms. The zero-order valence-corrected chi connectivity index (χ0v) is 14.9. The second-order valence-electron chi connectivity index (χ2n) is 6.22. The second-order valence-corrected chi connectivity index (χ2v) is 6.22. The van der Waals surface area contributed by atoms with Gasteiger partial charge in [-0.15, -0.1) is 0 Å². The molecule has 0 atom stereocenters. The topological polar surface area (TPSA) is 56.8 Å². The van der Waals surface area contributed by atoms with Crippen LogP contribution in [0.25, 0.3) is 0 Å². The van der Waals surface area contributed by atoms with Crippen molar-refractivity contribution < 1.29 is 19.0 Å². The first kappa shape index (κ1) is 18.3. The molecule has 0 saturated heterocycles. The first-order valence-corrected chi connectivity index (χ1v) is 9.08. The molecule has 0 saturated carbocycles. The number of nitrogens with one attached hydrogen (secondary N) is 1. The van der Waals surface area contributed by atoms with Gasteiger partial charge in [-0.3, -0.25) is 4.79 Å². The number of amides is 1. The van der Waals surface area contributed by atoms with Crippen LogP contribution in [0.15, 0.2) is 48.5 Å². The molecule has 5 nitrogen and oxygen atoms in total. The minimum absolute atomic E-state index is 0.0610. The Morgan fingerprint density at radius 1 is 1.00 bits per heavy atom. The Labute approximate surface area is 154 Å². The van der Waals surface area contributed by atoms with E-state index in [0.29, 0.717) is 39.4 Å². The van der Waals surface area contributed by atoms with Gasteiger partial charge in [-0.1, -0.05) is 36.4 Å². The van der Waals surface area contributed by atoms with Crippen molar-refractivity contribution >= 4 is 5.91 Å². The maximum Gasteiger partial charge on any atom is 0.220 e. The highest BCUT2D eigenvalue weighted by molar-refractivity contribution is 5.75. The largest absolute Gasteiger partial charge is 0.486 e. The Morgan fingerprint density at radius 3 is 2.65 bits per heavy atom. The smallest absolute Gasteiger partial charge is 0.220 e. The highest BCUT2D eigenvalue weighted by Gasteiger charge is 2.11. The molecular formula is C21H25NO4. The van der Waals surface area contributed by atoms with Crippen molar-refractivity contribution in [3.63, 3.8) is 0 Å². The van der Waals surface area contributed by atoms with Gasteiger partial charge in [0, 0.05) is 13.0 Å². The summed E-state index contributed by atoms with van der Waals surface area (Å²) in [4.78, 5) is 11.9. The van der Waals surface area contributed by atoms with Gasteiger partial charge in [0.2, 0.25) is 5.91 Å². The predicted molar refractivity (Wildman–Crippen MR) is 99.5 cm³/mol. The average molecular weight is 355 g/mol. The Morgan fingerprint density at radius 2 is 1.81 bits per heavy atom. The van der Waals surface area contributed by atoms with Gasteiger partial charge >= 0.3 is 0 Å². The first-order chi connectivity index (χ1) is 12.8. The summed E-state index contributed by atoms with van der Waals surface area (Å²) in [6, 6.07) is 16.0. The predicted octanol–water partition coefficient (Wildman–Crippen LogP) is 3.11. The van der Waals surface area contributed by atoms with Gasteiger partial charge in [0.15, 0.2) is 11.5 Å². The fourth-order valence-corrected chi connectivity index (χ4v) is 2.81. The quantitative estimate of drug-likeness (QED) is 0.702. The van der Waals surface area contributed by atoms with E-state index in [2.05, 4.69) is 5.32 Å². The van der Waals surface area contributed by atoms with E-state index in [1.807, 2.05) is 48.5 Å². The summed E-state index contributed by atoms with van der Waals surface area (Å²) in [6.45, 7) is 2.81. The van der Waals surface area contributed by atoms with Crippen LogP contribution in [0.2, 0.25) is 0 Å². The Kier molecular flexibility index (Phi) is 6.90. The molecule has 138 valence electrons. The summed E-state index contributed by atoms with van der Waals surface area (Å²) in [6.07, 6.45) is 2.15. The van der Waals surface area contributed by atoms with Crippen molar-refractivity contribution in [1.29, 1.82) is 0 Å². The number of rotatable bonds is 9. The van der Waals surface area contributed by atoms with E-state index in [1.54, 1.807) is 0 Å². The SMILES string of the molecule is O=C(CCCc1ccc2c(c1)OCCO2)NCCOCc1ccccc1. The Hall–Kier alpha value is -2.53. The molecule has 0 aliphatic carbocycles. The lowest BCUT2D eigenvalue weighted by Crippen LogP contribution is -2.27. The normalized spacial score (nSPS) is 12.6. The molecule has 26 heavy (non-hydrogen) atoms. The summed E-state index contributed by atoms with van der Waals surface area (Å²) >= 11 is 0. The van der Waals surface area contributed by atoms with Gasteiger partial charge in [-0.05, 0) is 36.1 Å². The minimum atomic E-state index is 0.0610. The van der Waals surface area contributed by atoms with Crippen LogP contribution in [0.5, 0.6) is 11.5 Å². The number of ether oxygens (including phenoxy) is 3. The van der Waals surface area contributed by atoms with Gasteiger partial charge in [0.25, 0.3) is 0 Å². The molecule has 0 radical (unpaired) electrons. The highest BCUT2D eigenvalue weighted by Crippen LogP contribution is 2.31. The Bertz CT molecular complexity index is 702. The molecule has 1 aliphatic heterocycles. The highest BCUT2D eigenvalue weighted by atomic mass is 16.6. The molecule has 1 aliphatic rings. The van der Waals surface area contributed by atoms with Gasteiger partial charge in [0.1, 0.15) is 13.2 Å². The summed E-state index contributed by atoms with van der Waals surface area (Å²) < 4.78 is 16.7. The van der Waals surface area contributed by atoms with Crippen LogP contribution in [-0.4, -0.2) is 32.3 Å². The third-order valence-electron chi connectivity index (χ3n) is 4.16. The molecule has 3 rings (SSSR count). The summed E-state index contributed by atoms with van der Waals surface area (Å²) in [5.74, 6) is 1.66. The van der Waals surface area contributed by atoms with Crippen molar-refractivity contribution in [1.82, 2.24) is 5.32 Å². The summed E-state index contributed by atoms with van der Waals surface area (Å²) in [5, 5.41) is 2.90. The Balaban J connectivity index is 1.27. The molecule has 5 heteroatoms. The van der Waals surface area contributed by atoms with Crippen molar-refractivity contribution in [3.05, 3.63) is 59.7 Å². The van der Waals surface area contributed by atoms with Crippen molar-refractivity contribution in [2.24, 2.45) is 0 Å². The lowest BCUT2D eigenvalue weighted by Gasteiger charge is -2.18. The van der Waals surface area contributed by atoms with Crippen molar-refractivity contribution in [3.8, 4) is 11.5 Å². The van der Waals surface area contributed by atoms with Crippen LogP contribution in [0.1, 0.15) is 24.0 Å². The molecule has 2 aromatic carbocycles. The first-order valence-electron chi connectivity index (χ1n) is 9.08. The molecule has 0 unspecified atom stereocenters. The van der Waals surface area contributed by atoms with Crippen molar-refractivity contribution in [2.75, 3.05) is 26.4 Å². The molecule has 1 N–H and O–H groups in total. The van der Waals surface area contributed by atoms with Gasteiger partial charge in [-0.25, -0.2) is 0 Å². The van der Waals surface area contributed by atoms with Crippen LogP contribution in [0.3, 0.4) is 0 Å². The number of carbonyl (C=O) groups excluding carboxylic acids is 1.